The molecule has 1 N–H and O–H groups in total. The Kier molecular flexibility index (Phi) is 7.87. The number of carbonyl (C=O) groups excluding carboxylic acids is 2. The van der Waals surface area contributed by atoms with E-state index in [-0.39, 0.29) is 18.4 Å². The molecule has 0 saturated carbocycles. The Morgan fingerprint density at radius 3 is 2.56 bits per heavy atom. The van der Waals surface area contributed by atoms with E-state index in [2.05, 4.69) is 10.3 Å². The quantitative estimate of drug-likeness (QED) is 0.663. The largest absolute Gasteiger partial charge is 0.382 e. The Balaban J connectivity index is 2.04. The van der Waals surface area contributed by atoms with Gasteiger partial charge in [-0.1, -0.05) is 0 Å². The third-order valence-electron chi connectivity index (χ3n) is 3.91. The first-order valence-corrected chi connectivity index (χ1v) is 9.58. The van der Waals surface area contributed by atoms with Gasteiger partial charge in [0.15, 0.2) is 5.13 Å². The van der Waals surface area contributed by atoms with Gasteiger partial charge in [-0.15, -0.1) is 11.3 Å². The van der Waals surface area contributed by atoms with E-state index >= 15 is 0 Å². The third kappa shape index (κ3) is 6.41. The van der Waals surface area contributed by atoms with E-state index in [1.807, 2.05) is 20.8 Å². The highest BCUT2D eigenvalue weighted by Crippen LogP contribution is 2.21. The van der Waals surface area contributed by atoms with Gasteiger partial charge < -0.3 is 15.0 Å². The smallest absolute Gasteiger partial charge is 0.254 e. The molecule has 0 saturated heterocycles. The van der Waals surface area contributed by atoms with Gasteiger partial charge in [-0.25, -0.2) is 9.37 Å². The monoisotopic (exact) mass is 393 g/mol. The molecule has 0 spiro atoms. The van der Waals surface area contributed by atoms with Crippen LogP contribution >= 0.6 is 11.3 Å². The van der Waals surface area contributed by atoms with Crippen molar-refractivity contribution in [1.82, 2.24) is 9.88 Å². The number of anilines is 1. The number of thiazole rings is 1. The molecule has 2 aromatic rings. The average molecular weight is 393 g/mol. The molecule has 0 atom stereocenters. The summed E-state index contributed by atoms with van der Waals surface area (Å²) in [5.74, 6) is -1.06. The Morgan fingerprint density at radius 2 is 1.96 bits per heavy atom. The van der Waals surface area contributed by atoms with Crippen LogP contribution in [0.4, 0.5) is 9.52 Å². The highest BCUT2D eigenvalue weighted by Gasteiger charge is 2.19. The molecule has 0 aliphatic carbocycles. The molecule has 0 unspecified atom stereocenters. The van der Waals surface area contributed by atoms with Crippen LogP contribution in [0.15, 0.2) is 24.3 Å². The Hall–Kier alpha value is -2.32. The Bertz CT molecular complexity index is 758. The molecule has 0 aliphatic rings. The zero-order valence-corrected chi connectivity index (χ0v) is 16.6. The zero-order valence-electron chi connectivity index (χ0n) is 15.8. The summed E-state index contributed by atoms with van der Waals surface area (Å²) < 4.78 is 18.4. The van der Waals surface area contributed by atoms with Crippen molar-refractivity contribution < 1.29 is 18.7 Å². The molecule has 1 heterocycles. The molecular formula is C19H24FN3O3S. The average Bonchev–Trinajstić information content (AvgIpc) is 2.94. The highest BCUT2D eigenvalue weighted by molar-refractivity contribution is 7.15. The lowest BCUT2D eigenvalue weighted by atomic mass is 10.2. The van der Waals surface area contributed by atoms with Gasteiger partial charge in [-0.05, 0) is 51.5 Å². The number of halogens is 1. The number of rotatable bonds is 9. The molecule has 1 aromatic carbocycles. The summed E-state index contributed by atoms with van der Waals surface area (Å²) in [6, 6.07) is 5.29. The number of aryl methyl sites for hydroxylation is 2. The number of ether oxygens (including phenoxy) is 1. The lowest BCUT2D eigenvalue weighted by Gasteiger charge is -2.22. The molecule has 2 amide bonds. The van der Waals surface area contributed by atoms with Crippen molar-refractivity contribution in [3.63, 3.8) is 0 Å². The van der Waals surface area contributed by atoms with Crippen LogP contribution < -0.4 is 5.32 Å². The number of amides is 2. The molecule has 146 valence electrons. The van der Waals surface area contributed by atoms with Crippen molar-refractivity contribution in [2.75, 3.05) is 31.6 Å². The fourth-order valence-electron chi connectivity index (χ4n) is 2.39. The second-order valence-corrected chi connectivity index (χ2v) is 7.20. The number of benzene rings is 1. The maximum absolute atomic E-state index is 13.1. The maximum atomic E-state index is 13.1. The minimum Gasteiger partial charge on any atom is -0.382 e. The van der Waals surface area contributed by atoms with E-state index in [9.17, 15) is 14.0 Å². The van der Waals surface area contributed by atoms with E-state index in [1.165, 1.54) is 40.5 Å². The lowest BCUT2D eigenvalue weighted by molar-refractivity contribution is -0.116. The van der Waals surface area contributed by atoms with Gasteiger partial charge in [0.2, 0.25) is 5.91 Å². The molecule has 6 nitrogen and oxygen atoms in total. The van der Waals surface area contributed by atoms with Crippen LogP contribution in [-0.2, 0) is 9.53 Å². The SMILES string of the molecule is CCOCCCN(CC(=O)Nc1nc(C)c(C)s1)C(=O)c1ccc(F)cc1. The molecule has 2 rings (SSSR count). The number of aromatic nitrogens is 1. The first-order valence-electron chi connectivity index (χ1n) is 8.77. The van der Waals surface area contributed by atoms with E-state index in [0.29, 0.717) is 36.9 Å². The number of nitrogens with one attached hydrogen (secondary N) is 1. The molecular weight excluding hydrogens is 369 g/mol. The maximum Gasteiger partial charge on any atom is 0.254 e. The summed E-state index contributed by atoms with van der Waals surface area (Å²) in [6.45, 7) is 7.04. The predicted molar refractivity (Wildman–Crippen MR) is 104 cm³/mol. The molecule has 27 heavy (non-hydrogen) atoms. The van der Waals surface area contributed by atoms with Gasteiger partial charge in [-0.3, -0.25) is 9.59 Å². The summed E-state index contributed by atoms with van der Waals surface area (Å²) >= 11 is 1.39. The molecule has 8 heteroatoms. The summed E-state index contributed by atoms with van der Waals surface area (Å²) in [4.78, 5) is 31.9. The van der Waals surface area contributed by atoms with Gasteiger partial charge in [0.05, 0.1) is 5.69 Å². The normalized spacial score (nSPS) is 10.7. The third-order valence-corrected chi connectivity index (χ3v) is 4.90. The second kappa shape index (κ2) is 10.1. The second-order valence-electron chi connectivity index (χ2n) is 5.99. The van der Waals surface area contributed by atoms with Gasteiger partial charge >= 0.3 is 0 Å². The minimum atomic E-state index is -0.415. The van der Waals surface area contributed by atoms with Crippen molar-refractivity contribution in [3.8, 4) is 0 Å². The van der Waals surface area contributed by atoms with Crippen molar-refractivity contribution in [2.45, 2.75) is 27.2 Å². The number of hydrogen-bond donors (Lipinski definition) is 1. The number of carbonyl (C=O) groups is 2. The fourth-order valence-corrected chi connectivity index (χ4v) is 3.22. The Morgan fingerprint density at radius 1 is 1.26 bits per heavy atom. The molecule has 0 aliphatic heterocycles. The lowest BCUT2D eigenvalue weighted by Crippen LogP contribution is -2.39. The van der Waals surface area contributed by atoms with Crippen LogP contribution in [0.5, 0.6) is 0 Å². The van der Waals surface area contributed by atoms with Crippen molar-refractivity contribution >= 4 is 28.3 Å². The summed E-state index contributed by atoms with van der Waals surface area (Å²) in [6.07, 6.45) is 0.601. The fraction of sp³-hybridized carbons (Fsp3) is 0.421. The molecule has 0 bridgehead atoms. The van der Waals surface area contributed by atoms with Crippen molar-refractivity contribution in [3.05, 3.63) is 46.2 Å². The Labute approximate surface area is 162 Å². The first-order chi connectivity index (χ1) is 12.9. The van der Waals surface area contributed by atoms with Gasteiger partial charge in [0.1, 0.15) is 12.4 Å². The first kappa shape index (κ1) is 21.0. The van der Waals surface area contributed by atoms with Crippen LogP contribution in [0, 0.1) is 19.7 Å². The van der Waals surface area contributed by atoms with E-state index < -0.39 is 5.82 Å². The standard InChI is InChI=1S/C19H24FN3O3S/c1-4-26-11-5-10-23(18(25)15-6-8-16(20)9-7-15)12-17(24)22-19-21-13(2)14(3)27-19/h6-9H,4-5,10-12H2,1-3H3,(H,21,22,24). The zero-order chi connectivity index (χ0) is 19.8. The molecule has 0 radical (unpaired) electrons. The van der Waals surface area contributed by atoms with Crippen molar-refractivity contribution in [2.24, 2.45) is 0 Å². The van der Waals surface area contributed by atoms with Crippen LogP contribution in [0.25, 0.3) is 0 Å². The summed E-state index contributed by atoms with van der Waals surface area (Å²) in [5, 5.41) is 3.25. The topological polar surface area (TPSA) is 71.5 Å². The highest BCUT2D eigenvalue weighted by atomic mass is 32.1. The van der Waals surface area contributed by atoms with E-state index in [1.54, 1.807) is 0 Å². The summed E-state index contributed by atoms with van der Waals surface area (Å²) in [7, 11) is 0. The van der Waals surface area contributed by atoms with Crippen molar-refractivity contribution in [1.29, 1.82) is 0 Å². The van der Waals surface area contributed by atoms with Crippen LogP contribution in [0.2, 0.25) is 0 Å². The van der Waals surface area contributed by atoms with Crippen LogP contribution in [-0.4, -0.2) is 48.0 Å². The minimum absolute atomic E-state index is 0.111. The van der Waals surface area contributed by atoms with Gasteiger partial charge in [0, 0.05) is 30.2 Å². The number of nitrogens with zero attached hydrogens (tertiary/aromatic N) is 2. The molecule has 0 fully saturated rings. The predicted octanol–water partition coefficient (Wildman–Crippen LogP) is 3.41. The summed E-state index contributed by atoms with van der Waals surface area (Å²) in [5.41, 5.74) is 1.20. The van der Waals surface area contributed by atoms with Gasteiger partial charge in [-0.2, -0.15) is 0 Å². The van der Waals surface area contributed by atoms with E-state index in [0.717, 1.165) is 10.6 Å². The molecule has 1 aromatic heterocycles. The van der Waals surface area contributed by atoms with Gasteiger partial charge in [0.25, 0.3) is 5.91 Å². The van der Waals surface area contributed by atoms with Crippen LogP contribution in [0.1, 0.15) is 34.3 Å². The van der Waals surface area contributed by atoms with E-state index in [4.69, 9.17) is 4.74 Å². The number of hydrogen-bond acceptors (Lipinski definition) is 5. The van der Waals surface area contributed by atoms with Crippen LogP contribution in [0.3, 0.4) is 0 Å².